The third-order valence-electron chi connectivity index (χ3n) is 8.56. The van der Waals surface area contributed by atoms with Crippen LogP contribution in [-0.4, -0.2) is 57.9 Å². The summed E-state index contributed by atoms with van der Waals surface area (Å²) in [6.07, 6.45) is 1.74. The van der Waals surface area contributed by atoms with E-state index < -0.39 is 6.29 Å². The largest absolute Gasteiger partial charge is 0.392 e. The molecule has 4 aromatic rings. The van der Waals surface area contributed by atoms with Gasteiger partial charge < -0.3 is 19.5 Å². The zero-order valence-corrected chi connectivity index (χ0v) is 25.0. The van der Waals surface area contributed by atoms with Gasteiger partial charge in [0.05, 0.1) is 36.5 Å². The summed E-state index contributed by atoms with van der Waals surface area (Å²) in [5.74, 6) is -0.475. The van der Waals surface area contributed by atoms with E-state index in [0.29, 0.717) is 11.1 Å². The van der Waals surface area contributed by atoms with Crippen LogP contribution >= 0.6 is 0 Å². The molecular weight excluding hydrogens is 554 g/mol. The molecule has 0 aliphatic carbocycles. The van der Waals surface area contributed by atoms with Crippen molar-refractivity contribution >= 4 is 11.8 Å². The third kappa shape index (κ3) is 6.34. The minimum atomic E-state index is -0.601. The van der Waals surface area contributed by atoms with E-state index in [2.05, 4.69) is 23.9 Å². The number of pyridine rings is 1. The third-order valence-corrected chi connectivity index (χ3v) is 8.56. The van der Waals surface area contributed by atoms with E-state index in [9.17, 15) is 14.7 Å². The molecule has 226 valence electrons. The molecule has 0 unspecified atom stereocenters. The van der Waals surface area contributed by atoms with Crippen LogP contribution in [0.2, 0.25) is 0 Å². The van der Waals surface area contributed by atoms with E-state index in [1.54, 1.807) is 24.3 Å². The Morgan fingerprint density at radius 1 is 0.818 bits per heavy atom. The molecule has 3 heterocycles. The van der Waals surface area contributed by atoms with Crippen LogP contribution in [0.15, 0.2) is 97.2 Å². The first kappa shape index (κ1) is 29.8. The summed E-state index contributed by atoms with van der Waals surface area (Å²) in [6.45, 7) is 3.90. The van der Waals surface area contributed by atoms with E-state index in [-0.39, 0.29) is 43.1 Å². The molecule has 2 aliphatic heterocycles. The summed E-state index contributed by atoms with van der Waals surface area (Å²) in [5, 5.41) is 9.54. The molecule has 0 spiro atoms. The number of amides is 2. The smallest absolute Gasteiger partial charge is 0.261 e. The van der Waals surface area contributed by atoms with E-state index in [1.165, 1.54) is 4.90 Å². The Hall–Kier alpha value is -4.21. The van der Waals surface area contributed by atoms with Crippen LogP contribution in [0, 0.1) is 5.92 Å². The summed E-state index contributed by atoms with van der Waals surface area (Å²) < 4.78 is 13.2. The van der Waals surface area contributed by atoms with Gasteiger partial charge in [-0.2, -0.15) is 0 Å². The average Bonchev–Trinajstić information content (AvgIpc) is 3.30. The van der Waals surface area contributed by atoms with Gasteiger partial charge in [-0.05, 0) is 48.0 Å². The molecular formula is C36H37N3O5. The van der Waals surface area contributed by atoms with Gasteiger partial charge in [0.1, 0.15) is 0 Å². The first-order valence-electron chi connectivity index (χ1n) is 15.0. The van der Waals surface area contributed by atoms with Gasteiger partial charge in [-0.15, -0.1) is 0 Å². The van der Waals surface area contributed by atoms with Gasteiger partial charge >= 0.3 is 0 Å². The maximum atomic E-state index is 12.9. The molecule has 0 radical (unpaired) electrons. The number of aliphatic hydroxyl groups excluding tert-OH is 1. The Morgan fingerprint density at radius 3 is 2.09 bits per heavy atom. The van der Waals surface area contributed by atoms with Gasteiger partial charge in [0.2, 0.25) is 0 Å². The van der Waals surface area contributed by atoms with Gasteiger partial charge in [0.25, 0.3) is 11.8 Å². The van der Waals surface area contributed by atoms with Crippen molar-refractivity contribution < 1.29 is 24.2 Å². The minimum absolute atomic E-state index is 0.0101. The number of fused-ring (bicyclic) bond motifs is 1. The van der Waals surface area contributed by atoms with Crippen molar-refractivity contribution in [1.82, 2.24) is 14.8 Å². The monoisotopic (exact) mass is 591 g/mol. The number of hydrogen-bond acceptors (Lipinski definition) is 7. The number of carbonyl (C=O) groups excluding carboxylic acids is 2. The molecule has 1 saturated heterocycles. The number of nitrogens with zero attached hydrogens (tertiary/aromatic N) is 3. The highest BCUT2D eigenvalue weighted by Gasteiger charge is 2.39. The minimum Gasteiger partial charge on any atom is -0.392 e. The van der Waals surface area contributed by atoms with Crippen LogP contribution in [-0.2, 0) is 29.0 Å². The predicted molar refractivity (Wildman–Crippen MR) is 165 cm³/mol. The Bertz CT molecular complexity index is 1560. The number of hydrogen-bond donors (Lipinski definition) is 1. The number of benzene rings is 3. The van der Waals surface area contributed by atoms with Crippen LogP contribution in [0.25, 0.3) is 0 Å². The van der Waals surface area contributed by atoms with Crippen LogP contribution in [0.1, 0.15) is 68.0 Å². The second-order valence-corrected chi connectivity index (χ2v) is 11.6. The second kappa shape index (κ2) is 13.2. The SMILES string of the molecule is C[C@H]1[C@@H](CN(C)CCc2ccccn2)O[C@@H](c2ccc(CN3C(=O)c4ccccc4C3=O)cc2)O[C@H]1c1ccc(CO)cc1. The molecule has 0 saturated carbocycles. The molecule has 0 bridgehead atoms. The van der Waals surface area contributed by atoms with Crippen molar-refractivity contribution in [3.63, 3.8) is 0 Å². The van der Waals surface area contributed by atoms with Gasteiger partial charge in [0.15, 0.2) is 6.29 Å². The highest BCUT2D eigenvalue weighted by molar-refractivity contribution is 6.21. The van der Waals surface area contributed by atoms with Crippen LogP contribution in [0.5, 0.6) is 0 Å². The van der Waals surface area contributed by atoms with Crippen molar-refractivity contribution in [1.29, 1.82) is 0 Å². The summed E-state index contributed by atoms with van der Waals surface area (Å²) in [5.41, 5.74) is 5.54. The van der Waals surface area contributed by atoms with Gasteiger partial charge in [-0.25, -0.2) is 0 Å². The number of likely N-dealkylation sites (N-methyl/N-ethyl adjacent to an activating group) is 1. The Morgan fingerprint density at radius 2 is 1.45 bits per heavy atom. The van der Waals surface area contributed by atoms with Crippen molar-refractivity contribution in [2.75, 3.05) is 20.1 Å². The Kier molecular flexibility index (Phi) is 8.95. The Labute approximate surface area is 257 Å². The lowest BCUT2D eigenvalue weighted by atomic mass is 9.90. The fourth-order valence-corrected chi connectivity index (χ4v) is 5.92. The molecule has 1 fully saturated rings. The molecule has 2 aliphatic rings. The molecule has 1 N–H and O–H groups in total. The number of rotatable bonds is 10. The van der Waals surface area contributed by atoms with E-state index in [4.69, 9.17) is 9.47 Å². The van der Waals surface area contributed by atoms with Gasteiger partial charge in [-0.1, -0.05) is 73.7 Å². The number of imide groups is 1. The van der Waals surface area contributed by atoms with Crippen molar-refractivity contribution in [3.05, 3.63) is 136 Å². The van der Waals surface area contributed by atoms with Crippen molar-refractivity contribution in [2.24, 2.45) is 5.92 Å². The van der Waals surface area contributed by atoms with Crippen LogP contribution < -0.4 is 0 Å². The maximum absolute atomic E-state index is 12.9. The highest BCUT2D eigenvalue weighted by Crippen LogP contribution is 2.42. The molecule has 8 heteroatoms. The van der Waals surface area contributed by atoms with Gasteiger partial charge in [0, 0.05) is 42.9 Å². The van der Waals surface area contributed by atoms with Gasteiger partial charge in [-0.3, -0.25) is 19.5 Å². The van der Waals surface area contributed by atoms with E-state index in [1.807, 2.05) is 72.9 Å². The lowest BCUT2D eigenvalue weighted by Gasteiger charge is -2.42. The topological polar surface area (TPSA) is 92.2 Å². The van der Waals surface area contributed by atoms with Crippen molar-refractivity contribution in [2.45, 2.75) is 45.0 Å². The lowest BCUT2D eigenvalue weighted by molar-refractivity contribution is -0.275. The second-order valence-electron chi connectivity index (χ2n) is 11.6. The lowest BCUT2D eigenvalue weighted by Crippen LogP contribution is -2.43. The van der Waals surface area contributed by atoms with Crippen LogP contribution in [0.4, 0.5) is 0 Å². The van der Waals surface area contributed by atoms with Crippen molar-refractivity contribution in [3.8, 4) is 0 Å². The summed E-state index contributed by atoms with van der Waals surface area (Å²) >= 11 is 0. The fraction of sp³-hybridized carbons (Fsp3) is 0.306. The first-order chi connectivity index (χ1) is 21.4. The zero-order valence-electron chi connectivity index (χ0n) is 25.0. The molecule has 3 aromatic carbocycles. The molecule has 8 nitrogen and oxygen atoms in total. The van der Waals surface area contributed by atoms with E-state index >= 15 is 0 Å². The summed E-state index contributed by atoms with van der Waals surface area (Å²) in [6, 6.07) is 28.5. The standard InChI is InChI=1S/C36H37N3O5/c1-24-32(22-38(2)20-18-29-7-5-6-19-37-29)43-36(44-33(24)27-14-12-26(23-40)13-15-27)28-16-10-25(11-17-28)21-39-34(41)30-8-3-4-9-31(30)35(39)42/h3-17,19,24,32-33,36,40H,18,20-23H2,1-2H3/t24-,32+,33+,36+/m0/s1. The molecule has 1 aromatic heterocycles. The molecule has 44 heavy (non-hydrogen) atoms. The number of ether oxygens (including phenoxy) is 2. The highest BCUT2D eigenvalue weighted by atomic mass is 16.7. The fourth-order valence-electron chi connectivity index (χ4n) is 5.92. The quantitative estimate of drug-likeness (QED) is 0.249. The normalized spacial score (nSPS) is 21.6. The summed E-state index contributed by atoms with van der Waals surface area (Å²) in [7, 11) is 2.10. The Balaban J connectivity index is 1.18. The number of carbonyl (C=O) groups is 2. The predicted octanol–water partition coefficient (Wildman–Crippen LogP) is 5.34. The molecule has 2 amide bonds. The molecule has 6 rings (SSSR count). The zero-order chi connectivity index (χ0) is 30.6. The summed E-state index contributed by atoms with van der Waals surface area (Å²) in [4.78, 5) is 33.7. The maximum Gasteiger partial charge on any atom is 0.261 e. The average molecular weight is 592 g/mol. The number of aliphatic hydroxyl groups is 1. The van der Waals surface area contributed by atoms with E-state index in [0.717, 1.165) is 47.5 Å². The number of aromatic nitrogens is 1. The van der Waals surface area contributed by atoms with Crippen LogP contribution in [0.3, 0.4) is 0 Å². The molecule has 4 atom stereocenters. The first-order valence-corrected chi connectivity index (χ1v) is 15.0.